The zero-order valence-corrected chi connectivity index (χ0v) is 9.76. The molecule has 6 nitrogen and oxygen atoms in total. The first-order valence-corrected chi connectivity index (χ1v) is 6.37. The molecule has 0 aromatic heterocycles. The normalized spacial score (nSPS) is 19.5. The molecule has 1 aliphatic heterocycles. The summed E-state index contributed by atoms with van der Waals surface area (Å²) in [6, 6.07) is 9.47. The first-order chi connectivity index (χ1) is 7.98. The van der Waals surface area contributed by atoms with Gasteiger partial charge in [0.05, 0.1) is 5.92 Å². The number of hydrogen-bond donors (Lipinski definition) is 2. The maximum absolute atomic E-state index is 11.1. The molecule has 90 valence electrons. The van der Waals surface area contributed by atoms with Gasteiger partial charge in [-0.3, -0.25) is 0 Å². The van der Waals surface area contributed by atoms with E-state index in [1.165, 1.54) is 0 Å². The summed E-state index contributed by atoms with van der Waals surface area (Å²) in [4.78, 5) is 0. The summed E-state index contributed by atoms with van der Waals surface area (Å²) in [5, 5.41) is 0. The lowest BCUT2D eigenvalue weighted by Crippen LogP contribution is -2.40. The Labute approximate surface area is 99.3 Å². The molecule has 0 fully saturated rings. The smallest absolute Gasteiger partial charge is 0.366 e. The number of rotatable bonds is 2. The monoisotopic (exact) mass is 252 g/mol. The molecule has 0 saturated heterocycles. The van der Waals surface area contributed by atoms with E-state index in [0.29, 0.717) is 6.42 Å². The van der Waals surface area contributed by atoms with Crippen molar-refractivity contribution in [3.8, 4) is 0 Å². The van der Waals surface area contributed by atoms with Crippen LogP contribution >= 0.6 is 0 Å². The van der Waals surface area contributed by atoms with E-state index in [-0.39, 0.29) is 11.7 Å². The van der Waals surface area contributed by atoms with Crippen LogP contribution in [0.3, 0.4) is 0 Å². The number of amidine groups is 2. The van der Waals surface area contributed by atoms with Gasteiger partial charge in [0, 0.05) is 0 Å². The van der Waals surface area contributed by atoms with Crippen molar-refractivity contribution in [1.29, 1.82) is 0 Å². The average Bonchev–Trinajstić information content (AvgIpc) is 2.24. The fraction of sp³-hybridized carbons (Fsp3) is 0.200. The second-order valence-electron chi connectivity index (χ2n) is 3.72. The van der Waals surface area contributed by atoms with E-state index < -0.39 is 16.1 Å². The molecule has 2 rings (SSSR count). The van der Waals surface area contributed by atoms with Crippen LogP contribution in [-0.4, -0.2) is 20.1 Å². The lowest BCUT2D eigenvalue weighted by Gasteiger charge is -2.18. The summed E-state index contributed by atoms with van der Waals surface area (Å²) in [6.45, 7) is 0. The molecule has 0 radical (unpaired) electrons. The molecule has 1 heterocycles. The van der Waals surface area contributed by atoms with Crippen molar-refractivity contribution >= 4 is 21.9 Å². The van der Waals surface area contributed by atoms with Crippen molar-refractivity contribution in [2.24, 2.45) is 26.2 Å². The van der Waals surface area contributed by atoms with E-state index in [4.69, 9.17) is 11.5 Å². The van der Waals surface area contributed by atoms with Gasteiger partial charge in [0.25, 0.3) is 0 Å². The fourth-order valence-electron chi connectivity index (χ4n) is 1.62. The molecular formula is C10H12N4O2S. The highest BCUT2D eigenvalue weighted by molar-refractivity contribution is 7.89. The van der Waals surface area contributed by atoms with Gasteiger partial charge in [-0.25, -0.2) is 0 Å². The van der Waals surface area contributed by atoms with E-state index in [1.807, 2.05) is 30.3 Å². The third-order valence-corrected chi connectivity index (χ3v) is 3.32. The molecule has 0 aliphatic carbocycles. The van der Waals surface area contributed by atoms with E-state index in [1.54, 1.807) is 0 Å². The molecule has 0 amide bonds. The summed E-state index contributed by atoms with van der Waals surface area (Å²) in [5.41, 5.74) is 12.2. The minimum Gasteiger partial charge on any atom is -0.386 e. The van der Waals surface area contributed by atoms with Gasteiger partial charge in [0.2, 0.25) is 0 Å². The molecule has 0 spiro atoms. The third-order valence-electron chi connectivity index (χ3n) is 2.44. The Morgan fingerprint density at radius 3 is 2.12 bits per heavy atom. The highest BCUT2D eigenvalue weighted by Crippen LogP contribution is 2.15. The van der Waals surface area contributed by atoms with Gasteiger partial charge in [-0.2, -0.15) is 8.42 Å². The Balaban J connectivity index is 2.27. The highest BCUT2D eigenvalue weighted by atomic mass is 32.2. The first kappa shape index (κ1) is 11.6. The predicted octanol–water partition coefficient (Wildman–Crippen LogP) is -0.182. The zero-order chi connectivity index (χ0) is 12.5. The molecule has 0 bridgehead atoms. The molecule has 1 aliphatic rings. The Bertz CT molecular complexity index is 552. The van der Waals surface area contributed by atoms with E-state index >= 15 is 0 Å². The van der Waals surface area contributed by atoms with Crippen molar-refractivity contribution in [2.75, 3.05) is 0 Å². The fourth-order valence-corrected chi connectivity index (χ4v) is 2.45. The van der Waals surface area contributed by atoms with Gasteiger partial charge in [-0.15, -0.1) is 8.80 Å². The van der Waals surface area contributed by atoms with E-state index in [2.05, 4.69) is 8.80 Å². The van der Waals surface area contributed by atoms with E-state index in [9.17, 15) is 8.42 Å². The molecule has 1 aromatic rings. The second-order valence-corrected chi connectivity index (χ2v) is 4.98. The maximum atomic E-state index is 11.1. The number of benzene rings is 1. The number of nitrogens with zero attached hydrogens (tertiary/aromatic N) is 2. The number of hydrogen-bond acceptors (Lipinski definition) is 4. The summed E-state index contributed by atoms with van der Waals surface area (Å²) in [7, 11) is -3.88. The minimum absolute atomic E-state index is 0.0126. The van der Waals surface area contributed by atoms with Crippen molar-refractivity contribution in [1.82, 2.24) is 0 Å². The summed E-state index contributed by atoms with van der Waals surface area (Å²) in [6.07, 6.45) is 0.487. The van der Waals surface area contributed by atoms with Crippen molar-refractivity contribution in [2.45, 2.75) is 6.42 Å². The van der Waals surface area contributed by atoms with Crippen LogP contribution in [0.15, 0.2) is 39.1 Å². The Kier molecular flexibility index (Phi) is 2.84. The van der Waals surface area contributed by atoms with Crippen LogP contribution in [0, 0.1) is 5.92 Å². The topological polar surface area (TPSA) is 111 Å². The van der Waals surface area contributed by atoms with Crippen molar-refractivity contribution in [3.05, 3.63) is 35.9 Å². The maximum Gasteiger partial charge on any atom is 0.366 e. The summed E-state index contributed by atoms with van der Waals surface area (Å²) >= 11 is 0. The lowest BCUT2D eigenvalue weighted by atomic mass is 9.97. The van der Waals surface area contributed by atoms with Crippen LogP contribution in [0.4, 0.5) is 0 Å². The average molecular weight is 252 g/mol. The van der Waals surface area contributed by atoms with Crippen LogP contribution in [0.25, 0.3) is 0 Å². The van der Waals surface area contributed by atoms with Crippen molar-refractivity contribution in [3.63, 3.8) is 0 Å². The van der Waals surface area contributed by atoms with Gasteiger partial charge in [-0.1, -0.05) is 30.3 Å². The van der Waals surface area contributed by atoms with Gasteiger partial charge in [-0.05, 0) is 12.0 Å². The standard InChI is InChI=1S/C10H12N4O2S/c11-9-8(6-7-4-2-1-3-5-7)10(12)14-17(15,16)13-9/h1-5,8H,6H2,(H2,11,13)(H2,12,14). The molecule has 17 heavy (non-hydrogen) atoms. The van der Waals surface area contributed by atoms with Gasteiger partial charge >= 0.3 is 10.2 Å². The Morgan fingerprint density at radius 1 is 1.06 bits per heavy atom. The third kappa shape index (κ3) is 2.62. The second kappa shape index (κ2) is 4.17. The lowest BCUT2D eigenvalue weighted by molar-refractivity contribution is 0.598. The zero-order valence-electron chi connectivity index (χ0n) is 8.95. The molecule has 7 heteroatoms. The minimum atomic E-state index is -3.88. The Hall–Kier alpha value is -1.89. The van der Waals surface area contributed by atoms with Crippen LogP contribution < -0.4 is 11.5 Å². The van der Waals surface area contributed by atoms with Crippen LogP contribution in [0.1, 0.15) is 5.56 Å². The van der Waals surface area contributed by atoms with Gasteiger partial charge in [0.15, 0.2) is 0 Å². The molecular weight excluding hydrogens is 240 g/mol. The molecule has 1 aromatic carbocycles. The van der Waals surface area contributed by atoms with Crippen molar-refractivity contribution < 1.29 is 8.42 Å². The van der Waals surface area contributed by atoms with Crippen LogP contribution in [0.2, 0.25) is 0 Å². The SMILES string of the molecule is NC1=NS(=O)(=O)N=C(N)C1Cc1ccccc1. The van der Waals surface area contributed by atoms with E-state index in [0.717, 1.165) is 5.56 Å². The van der Waals surface area contributed by atoms with Crippen LogP contribution in [-0.2, 0) is 16.6 Å². The molecule has 0 atom stereocenters. The largest absolute Gasteiger partial charge is 0.386 e. The predicted molar refractivity (Wildman–Crippen MR) is 65.8 cm³/mol. The quantitative estimate of drug-likeness (QED) is 0.760. The molecule has 0 saturated carbocycles. The summed E-state index contributed by atoms with van der Waals surface area (Å²) in [5.74, 6) is -0.483. The molecule has 0 unspecified atom stereocenters. The number of nitrogens with two attached hydrogens (primary N) is 2. The highest BCUT2D eigenvalue weighted by Gasteiger charge is 2.27. The van der Waals surface area contributed by atoms with Gasteiger partial charge in [0.1, 0.15) is 11.7 Å². The Morgan fingerprint density at radius 2 is 1.59 bits per heavy atom. The van der Waals surface area contributed by atoms with Crippen LogP contribution in [0.5, 0.6) is 0 Å². The first-order valence-electron chi connectivity index (χ1n) is 4.97. The molecule has 4 N–H and O–H groups in total. The summed E-state index contributed by atoms with van der Waals surface area (Å²) < 4.78 is 29.0. The van der Waals surface area contributed by atoms with Gasteiger partial charge < -0.3 is 11.5 Å².